The first-order valence-electron chi connectivity index (χ1n) is 11.6. The van der Waals surface area contributed by atoms with Gasteiger partial charge in [0.1, 0.15) is 6.26 Å². The summed E-state index contributed by atoms with van der Waals surface area (Å²) in [5, 5.41) is 10.3. The molecule has 180 valence electrons. The molecule has 0 aliphatic carbocycles. The third-order valence-electron chi connectivity index (χ3n) is 6.18. The highest BCUT2D eigenvalue weighted by Gasteiger charge is 2.22. The van der Waals surface area contributed by atoms with Gasteiger partial charge in [-0.3, -0.25) is 14.6 Å². The van der Waals surface area contributed by atoms with Crippen LogP contribution in [0.15, 0.2) is 59.2 Å². The normalized spacial score (nSPS) is 14.8. The Kier molecular flexibility index (Phi) is 7.82. The number of benzene rings is 2. The highest BCUT2D eigenvalue weighted by atomic mass is 16.5. The molecule has 4 rings (SSSR count). The molecule has 0 bridgehead atoms. The van der Waals surface area contributed by atoms with Crippen molar-refractivity contribution in [2.75, 3.05) is 39.8 Å². The van der Waals surface area contributed by atoms with Crippen LogP contribution in [0.4, 0.5) is 0 Å². The smallest absolute Gasteiger partial charge is 0.276 e. The predicted molar refractivity (Wildman–Crippen MR) is 129 cm³/mol. The Hall–Kier alpha value is -3.36. The van der Waals surface area contributed by atoms with E-state index in [2.05, 4.69) is 14.8 Å². The number of oxazole rings is 1. The van der Waals surface area contributed by atoms with Gasteiger partial charge in [-0.1, -0.05) is 42.5 Å². The lowest BCUT2D eigenvalue weighted by Gasteiger charge is -2.34. The van der Waals surface area contributed by atoms with Gasteiger partial charge in [0.2, 0.25) is 5.89 Å². The number of ether oxygens (including phenoxy) is 1. The molecule has 0 atom stereocenters. The van der Waals surface area contributed by atoms with E-state index in [1.54, 1.807) is 18.1 Å². The number of carbonyl (C=O) groups excluding carboxylic acids is 1. The minimum absolute atomic E-state index is 0.121. The van der Waals surface area contributed by atoms with Crippen LogP contribution in [0, 0.1) is 0 Å². The van der Waals surface area contributed by atoms with Gasteiger partial charge in [0.25, 0.3) is 5.91 Å². The summed E-state index contributed by atoms with van der Waals surface area (Å²) in [5.41, 5.74) is 2.29. The average molecular weight is 465 g/mol. The number of nitrogens with zero attached hydrogens (tertiary/aromatic N) is 4. The number of phenolic OH excluding ortho intramolecular Hbond substituents is 1. The molecule has 2 heterocycles. The Morgan fingerprint density at radius 2 is 1.76 bits per heavy atom. The van der Waals surface area contributed by atoms with Crippen molar-refractivity contribution in [2.24, 2.45) is 0 Å². The lowest BCUT2D eigenvalue weighted by atomic mass is 10.1. The summed E-state index contributed by atoms with van der Waals surface area (Å²) in [4.78, 5) is 23.7. The van der Waals surface area contributed by atoms with Gasteiger partial charge in [-0.15, -0.1) is 0 Å². The summed E-state index contributed by atoms with van der Waals surface area (Å²) in [7, 11) is 1.56. The first kappa shape index (κ1) is 23.8. The van der Waals surface area contributed by atoms with Crippen LogP contribution < -0.4 is 4.74 Å². The van der Waals surface area contributed by atoms with Crippen LogP contribution in [0.1, 0.15) is 34.4 Å². The SMILES string of the molecule is CCN(Cc1ccccc1)C(=O)c1coc(CN2CCN(Cc3cccc(OC)c3O)CC2)n1. The molecule has 3 aromatic rings. The van der Waals surface area contributed by atoms with E-state index >= 15 is 0 Å². The van der Waals surface area contributed by atoms with E-state index in [1.165, 1.54) is 6.26 Å². The monoisotopic (exact) mass is 464 g/mol. The summed E-state index contributed by atoms with van der Waals surface area (Å²) in [6, 6.07) is 15.5. The van der Waals surface area contributed by atoms with E-state index in [1.807, 2.05) is 49.4 Å². The van der Waals surface area contributed by atoms with Crippen LogP contribution in [0.3, 0.4) is 0 Å². The molecule has 1 saturated heterocycles. The molecule has 8 nitrogen and oxygen atoms in total. The van der Waals surface area contributed by atoms with Gasteiger partial charge in [0, 0.05) is 51.4 Å². The fourth-order valence-electron chi connectivity index (χ4n) is 4.17. The molecule has 0 saturated carbocycles. The van der Waals surface area contributed by atoms with Gasteiger partial charge in [-0.2, -0.15) is 0 Å². The predicted octanol–water partition coefficient (Wildman–Crippen LogP) is 3.37. The van der Waals surface area contributed by atoms with Crippen molar-refractivity contribution in [1.82, 2.24) is 19.7 Å². The third kappa shape index (κ3) is 5.76. The van der Waals surface area contributed by atoms with Gasteiger partial charge in [-0.05, 0) is 18.6 Å². The topological polar surface area (TPSA) is 82.3 Å². The zero-order chi connectivity index (χ0) is 23.9. The first-order valence-corrected chi connectivity index (χ1v) is 11.6. The highest BCUT2D eigenvalue weighted by Crippen LogP contribution is 2.30. The summed E-state index contributed by atoms with van der Waals surface area (Å²) >= 11 is 0. The molecule has 1 fully saturated rings. The van der Waals surface area contributed by atoms with Crippen LogP contribution in [0.25, 0.3) is 0 Å². The molecule has 2 aromatic carbocycles. The number of rotatable bonds is 9. The van der Waals surface area contributed by atoms with Crippen molar-refractivity contribution in [1.29, 1.82) is 0 Å². The van der Waals surface area contributed by atoms with Crippen molar-refractivity contribution < 1.29 is 19.1 Å². The van der Waals surface area contributed by atoms with E-state index in [9.17, 15) is 9.90 Å². The van der Waals surface area contributed by atoms with E-state index in [0.717, 1.165) is 37.3 Å². The third-order valence-corrected chi connectivity index (χ3v) is 6.18. The highest BCUT2D eigenvalue weighted by molar-refractivity contribution is 5.91. The maximum Gasteiger partial charge on any atom is 0.276 e. The fourth-order valence-corrected chi connectivity index (χ4v) is 4.17. The molecule has 1 aliphatic heterocycles. The molecule has 0 spiro atoms. The summed E-state index contributed by atoms with van der Waals surface area (Å²) in [5.74, 6) is 1.14. The Morgan fingerprint density at radius 3 is 2.44 bits per heavy atom. The number of hydrogen-bond acceptors (Lipinski definition) is 7. The largest absolute Gasteiger partial charge is 0.504 e. The van der Waals surface area contributed by atoms with Crippen LogP contribution >= 0.6 is 0 Å². The van der Waals surface area contributed by atoms with Gasteiger partial charge in [-0.25, -0.2) is 4.98 Å². The molecule has 0 radical (unpaired) electrons. The molecule has 1 aromatic heterocycles. The second-order valence-corrected chi connectivity index (χ2v) is 8.45. The van der Waals surface area contributed by atoms with Crippen LogP contribution in [-0.4, -0.2) is 70.5 Å². The lowest BCUT2D eigenvalue weighted by molar-refractivity contribution is 0.0746. The van der Waals surface area contributed by atoms with Crippen molar-refractivity contribution in [3.8, 4) is 11.5 Å². The standard InChI is InChI=1S/C26H32N4O4/c1-3-30(16-20-8-5-4-6-9-20)26(32)22-19-34-24(27-22)18-29-14-12-28(13-15-29)17-21-10-7-11-23(33-2)25(21)31/h4-11,19,31H,3,12-18H2,1-2H3. The Balaban J connectivity index is 1.29. The summed E-state index contributed by atoms with van der Waals surface area (Å²) in [6.45, 7) is 7.78. The number of methoxy groups -OCH3 is 1. The van der Waals surface area contributed by atoms with E-state index in [-0.39, 0.29) is 11.7 Å². The number of amides is 1. The van der Waals surface area contributed by atoms with Crippen molar-refractivity contribution in [3.05, 3.63) is 77.5 Å². The lowest BCUT2D eigenvalue weighted by Crippen LogP contribution is -2.45. The van der Waals surface area contributed by atoms with Gasteiger partial charge in [0.15, 0.2) is 17.2 Å². The summed E-state index contributed by atoms with van der Waals surface area (Å²) < 4.78 is 10.8. The zero-order valence-electron chi connectivity index (χ0n) is 19.8. The van der Waals surface area contributed by atoms with Crippen LogP contribution in [0.5, 0.6) is 11.5 Å². The van der Waals surface area contributed by atoms with Crippen molar-refractivity contribution in [2.45, 2.75) is 26.6 Å². The second-order valence-electron chi connectivity index (χ2n) is 8.45. The van der Waals surface area contributed by atoms with Gasteiger partial charge >= 0.3 is 0 Å². The number of para-hydroxylation sites is 1. The maximum absolute atomic E-state index is 12.9. The Bertz CT molecular complexity index is 1080. The maximum atomic E-state index is 12.9. The molecule has 8 heteroatoms. The minimum Gasteiger partial charge on any atom is -0.504 e. The number of piperazine rings is 1. The van der Waals surface area contributed by atoms with Gasteiger partial charge < -0.3 is 19.2 Å². The van der Waals surface area contributed by atoms with E-state index < -0.39 is 0 Å². The molecule has 34 heavy (non-hydrogen) atoms. The zero-order valence-corrected chi connectivity index (χ0v) is 19.8. The first-order chi connectivity index (χ1) is 16.6. The average Bonchev–Trinajstić information content (AvgIpc) is 3.33. The van der Waals surface area contributed by atoms with E-state index in [4.69, 9.17) is 9.15 Å². The van der Waals surface area contributed by atoms with E-state index in [0.29, 0.717) is 43.5 Å². The van der Waals surface area contributed by atoms with Crippen molar-refractivity contribution >= 4 is 5.91 Å². The molecule has 0 unspecified atom stereocenters. The number of aromatic nitrogens is 1. The number of phenols is 1. The summed E-state index contributed by atoms with van der Waals surface area (Å²) in [6.07, 6.45) is 1.47. The minimum atomic E-state index is -0.121. The van der Waals surface area contributed by atoms with Crippen LogP contribution in [-0.2, 0) is 19.6 Å². The second kappa shape index (κ2) is 11.2. The Morgan fingerprint density at radius 1 is 1.06 bits per heavy atom. The molecule has 1 aliphatic rings. The number of carbonyl (C=O) groups is 1. The van der Waals surface area contributed by atoms with Crippen LogP contribution in [0.2, 0.25) is 0 Å². The molecular weight excluding hydrogens is 432 g/mol. The van der Waals surface area contributed by atoms with Crippen molar-refractivity contribution in [3.63, 3.8) is 0 Å². The Labute approximate surface area is 200 Å². The van der Waals surface area contributed by atoms with Gasteiger partial charge in [0.05, 0.1) is 13.7 Å². The molecular formula is C26H32N4O4. The molecule has 1 N–H and O–H groups in total. The number of aromatic hydroxyl groups is 1. The molecule has 1 amide bonds. The number of hydrogen-bond donors (Lipinski definition) is 1. The quantitative estimate of drug-likeness (QED) is 0.520. The fraction of sp³-hybridized carbons (Fsp3) is 0.385.